The molecule has 0 bridgehead atoms. The predicted molar refractivity (Wildman–Crippen MR) is 231 cm³/mol. The summed E-state index contributed by atoms with van der Waals surface area (Å²) in [5.74, 6) is 1.60. The highest BCUT2D eigenvalue weighted by molar-refractivity contribution is 6.12. The number of benzene rings is 6. The first-order valence-electron chi connectivity index (χ1n) is 19.5. The van der Waals surface area contributed by atoms with Crippen LogP contribution in [0.4, 0.5) is 0 Å². The fraction of sp³-hybridized carbons (Fsp3) is 0.0769. The van der Waals surface area contributed by atoms with E-state index in [1.54, 1.807) is 0 Å². The minimum Gasteiger partial charge on any atom is -0.454 e. The van der Waals surface area contributed by atoms with E-state index in [0.717, 1.165) is 81.1 Å². The summed E-state index contributed by atoms with van der Waals surface area (Å²) < 4.78 is 9.41. The van der Waals surface area contributed by atoms with Crippen molar-refractivity contribution in [1.29, 1.82) is 0 Å². The molecule has 4 nitrogen and oxygen atoms in total. The summed E-state index contributed by atoms with van der Waals surface area (Å²) >= 11 is 0. The van der Waals surface area contributed by atoms with Crippen molar-refractivity contribution >= 4 is 44.4 Å². The predicted octanol–water partition coefficient (Wildman–Crippen LogP) is 13.6. The zero-order valence-electron chi connectivity index (χ0n) is 30.8. The summed E-state index contributed by atoms with van der Waals surface area (Å²) in [5.41, 5.74) is 14.4. The first-order valence-corrected chi connectivity index (χ1v) is 19.5. The van der Waals surface area contributed by atoms with E-state index in [0.29, 0.717) is 0 Å². The number of furan rings is 1. The Morgan fingerprint density at radius 3 is 2.12 bits per heavy atom. The Labute approximate surface area is 325 Å². The number of hydrogen-bond acceptors (Lipinski definition) is 3. The number of fused-ring (bicyclic) bond motifs is 6. The van der Waals surface area contributed by atoms with Gasteiger partial charge in [-0.1, -0.05) is 146 Å². The van der Waals surface area contributed by atoms with Gasteiger partial charge in [-0.25, -0.2) is 9.97 Å². The van der Waals surface area contributed by atoms with Gasteiger partial charge in [0.1, 0.15) is 5.76 Å². The van der Waals surface area contributed by atoms with Gasteiger partial charge in [0.15, 0.2) is 11.4 Å². The highest BCUT2D eigenvalue weighted by Gasteiger charge is 2.29. The molecule has 6 aromatic carbocycles. The van der Waals surface area contributed by atoms with E-state index < -0.39 is 0 Å². The molecule has 2 aliphatic carbocycles. The quantitative estimate of drug-likeness (QED) is 0.172. The molecule has 11 rings (SSSR count). The molecule has 0 aliphatic heterocycles. The second kappa shape index (κ2) is 13.4. The number of para-hydroxylation sites is 1. The molecular formula is C52H37N3O. The van der Waals surface area contributed by atoms with E-state index in [4.69, 9.17) is 14.4 Å². The molecule has 0 spiro atoms. The average molecular weight is 720 g/mol. The molecule has 56 heavy (non-hydrogen) atoms. The van der Waals surface area contributed by atoms with Gasteiger partial charge in [-0.15, -0.1) is 0 Å². The van der Waals surface area contributed by atoms with Crippen LogP contribution in [0.15, 0.2) is 180 Å². The lowest BCUT2D eigenvalue weighted by Crippen LogP contribution is -2.08. The molecule has 0 radical (unpaired) electrons. The Bertz CT molecular complexity index is 2980. The van der Waals surface area contributed by atoms with Gasteiger partial charge in [0.2, 0.25) is 0 Å². The van der Waals surface area contributed by atoms with Crippen LogP contribution in [0.3, 0.4) is 0 Å². The Morgan fingerprint density at radius 1 is 0.571 bits per heavy atom. The summed E-state index contributed by atoms with van der Waals surface area (Å²) in [4.78, 5) is 10.4. The molecule has 9 aromatic rings. The molecule has 266 valence electrons. The van der Waals surface area contributed by atoms with Gasteiger partial charge in [0, 0.05) is 38.8 Å². The van der Waals surface area contributed by atoms with Gasteiger partial charge in [0.25, 0.3) is 0 Å². The number of hydrogen-bond donors (Lipinski definition) is 0. The zero-order chi connectivity index (χ0) is 37.0. The van der Waals surface area contributed by atoms with E-state index in [1.807, 2.05) is 24.3 Å². The largest absolute Gasteiger partial charge is 0.454 e. The number of aromatic nitrogens is 3. The van der Waals surface area contributed by atoms with Crippen molar-refractivity contribution in [2.24, 2.45) is 0 Å². The maximum Gasteiger partial charge on any atom is 0.160 e. The molecule has 2 aliphatic rings. The van der Waals surface area contributed by atoms with Crippen LogP contribution in [0, 0.1) is 0 Å². The Hall–Kier alpha value is -7.04. The summed E-state index contributed by atoms with van der Waals surface area (Å²) in [5, 5.41) is 3.57. The van der Waals surface area contributed by atoms with Crippen LogP contribution < -0.4 is 0 Å². The van der Waals surface area contributed by atoms with E-state index in [1.165, 1.54) is 38.6 Å². The summed E-state index contributed by atoms with van der Waals surface area (Å²) in [6, 6.07) is 54.0. The van der Waals surface area contributed by atoms with Gasteiger partial charge in [0.05, 0.1) is 28.1 Å². The van der Waals surface area contributed by atoms with Crippen molar-refractivity contribution in [3.05, 3.63) is 199 Å². The van der Waals surface area contributed by atoms with Crippen molar-refractivity contribution in [3.63, 3.8) is 0 Å². The van der Waals surface area contributed by atoms with Gasteiger partial charge in [-0.3, -0.25) is 0 Å². The smallest absolute Gasteiger partial charge is 0.160 e. The van der Waals surface area contributed by atoms with Crippen LogP contribution in [-0.2, 0) is 0 Å². The SMILES string of the molecule is C1=CCCC(c2ccc3c(c2)c2ccc(-c4ccccc4)cc2n3-c2cccc3c4c(oc23)C=CCC4c2cc(-c3ccccc3)nc(-c3ccccc3)n2)=C1. The minimum absolute atomic E-state index is 0.0114. The van der Waals surface area contributed by atoms with Crippen molar-refractivity contribution in [2.45, 2.75) is 25.2 Å². The normalized spacial score (nSPS) is 15.1. The first kappa shape index (κ1) is 32.4. The Balaban J connectivity index is 1.12. The third kappa shape index (κ3) is 5.45. The topological polar surface area (TPSA) is 43.9 Å². The van der Waals surface area contributed by atoms with E-state index in [2.05, 4.69) is 162 Å². The maximum atomic E-state index is 6.99. The molecule has 3 heterocycles. The molecule has 1 atom stereocenters. The van der Waals surface area contributed by atoms with E-state index in [9.17, 15) is 0 Å². The third-order valence-electron chi connectivity index (χ3n) is 11.5. The average Bonchev–Trinajstić information content (AvgIpc) is 3.83. The summed E-state index contributed by atoms with van der Waals surface area (Å²) in [6.07, 6.45) is 14.0. The number of nitrogens with zero attached hydrogens (tertiary/aromatic N) is 3. The molecule has 1 unspecified atom stereocenters. The first-order chi connectivity index (χ1) is 27.8. The van der Waals surface area contributed by atoms with Crippen LogP contribution in [0.2, 0.25) is 0 Å². The summed E-state index contributed by atoms with van der Waals surface area (Å²) in [7, 11) is 0. The molecule has 0 amide bonds. The summed E-state index contributed by atoms with van der Waals surface area (Å²) in [6.45, 7) is 0. The molecule has 3 aromatic heterocycles. The molecule has 0 N–H and O–H groups in total. The van der Waals surface area contributed by atoms with Gasteiger partial charge in [-0.05, 0) is 77.9 Å². The molecular weight excluding hydrogens is 683 g/mol. The second-order valence-corrected chi connectivity index (χ2v) is 14.8. The fourth-order valence-corrected chi connectivity index (χ4v) is 8.75. The molecule has 0 saturated carbocycles. The van der Waals surface area contributed by atoms with Crippen LogP contribution in [-0.4, -0.2) is 14.5 Å². The number of rotatable bonds is 6. The minimum atomic E-state index is -0.0114. The second-order valence-electron chi connectivity index (χ2n) is 14.8. The Morgan fingerprint density at radius 2 is 1.34 bits per heavy atom. The van der Waals surface area contributed by atoms with Gasteiger partial charge >= 0.3 is 0 Å². The van der Waals surface area contributed by atoms with Crippen molar-refractivity contribution in [2.75, 3.05) is 0 Å². The van der Waals surface area contributed by atoms with Crippen LogP contribution in [0.1, 0.15) is 47.8 Å². The van der Waals surface area contributed by atoms with Crippen molar-refractivity contribution in [3.8, 4) is 39.5 Å². The molecule has 0 fully saturated rings. The standard InChI is InChI=1S/C52H37N3O/c1-5-15-34(16-6-1)38-28-30-46-43(31-38)40-29-27-39(35-17-7-2-8-18-35)32-48(40)55(46)47-25-13-24-42-50-41(23-14-26-49(50)56-51(42)47)45-33-44(36-19-9-3-10-20-36)53-52(54-45)37-21-11-4-12-22-37/h1-5,7-15,17-22,24-33,41H,6,16,23H2. The lowest BCUT2D eigenvalue weighted by molar-refractivity contribution is 0.587. The number of allylic oxidation sites excluding steroid dienone is 5. The molecule has 4 heteroatoms. The van der Waals surface area contributed by atoms with Gasteiger partial charge < -0.3 is 8.98 Å². The van der Waals surface area contributed by atoms with Crippen LogP contribution in [0.5, 0.6) is 0 Å². The lowest BCUT2D eigenvalue weighted by atomic mass is 9.86. The third-order valence-corrected chi connectivity index (χ3v) is 11.5. The highest BCUT2D eigenvalue weighted by atomic mass is 16.3. The van der Waals surface area contributed by atoms with Gasteiger partial charge in [-0.2, -0.15) is 0 Å². The van der Waals surface area contributed by atoms with E-state index in [-0.39, 0.29) is 5.92 Å². The zero-order valence-corrected chi connectivity index (χ0v) is 30.8. The van der Waals surface area contributed by atoms with Crippen LogP contribution >= 0.6 is 0 Å². The fourth-order valence-electron chi connectivity index (χ4n) is 8.75. The maximum absolute atomic E-state index is 6.99. The van der Waals surface area contributed by atoms with Crippen LogP contribution in [0.25, 0.3) is 83.9 Å². The van der Waals surface area contributed by atoms with E-state index >= 15 is 0 Å². The highest BCUT2D eigenvalue weighted by Crippen LogP contribution is 2.45. The lowest BCUT2D eigenvalue weighted by Gasteiger charge is -2.20. The molecule has 0 saturated heterocycles. The van der Waals surface area contributed by atoms with Crippen molar-refractivity contribution < 1.29 is 4.42 Å². The van der Waals surface area contributed by atoms with Crippen molar-refractivity contribution in [1.82, 2.24) is 14.5 Å². The monoisotopic (exact) mass is 719 g/mol. The Kier molecular flexibility index (Phi) is 7.73.